The van der Waals surface area contributed by atoms with Crippen molar-refractivity contribution in [3.05, 3.63) is 88.4 Å². The van der Waals surface area contributed by atoms with Crippen molar-refractivity contribution >= 4 is 34.9 Å². The minimum Gasteiger partial charge on any atom is -0.478 e. The van der Waals surface area contributed by atoms with Crippen LogP contribution >= 0.6 is 11.6 Å². The molecule has 31 heavy (non-hydrogen) atoms. The van der Waals surface area contributed by atoms with Gasteiger partial charge in [0.25, 0.3) is 5.91 Å². The van der Waals surface area contributed by atoms with E-state index in [1.54, 1.807) is 0 Å². The van der Waals surface area contributed by atoms with Crippen molar-refractivity contribution in [2.45, 2.75) is 6.18 Å². The average Bonchev–Trinajstić information content (AvgIpc) is 2.73. The summed E-state index contributed by atoms with van der Waals surface area (Å²) in [7, 11) is 0. The van der Waals surface area contributed by atoms with Crippen molar-refractivity contribution in [3.8, 4) is 5.75 Å². The van der Waals surface area contributed by atoms with Crippen LogP contribution in [0.3, 0.4) is 0 Å². The van der Waals surface area contributed by atoms with Crippen molar-refractivity contribution < 1.29 is 32.7 Å². The molecule has 6 nitrogen and oxygen atoms in total. The van der Waals surface area contributed by atoms with Crippen molar-refractivity contribution in [1.82, 2.24) is 0 Å². The van der Waals surface area contributed by atoms with Gasteiger partial charge in [-0.2, -0.15) is 13.2 Å². The van der Waals surface area contributed by atoms with Crippen LogP contribution < -0.4 is 15.6 Å². The maximum atomic E-state index is 12.7. The van der Waals surface area contributed by atoms with Crippen LogP contribution in [0.15, 0.2) is 66.7 Å². The number of halogens is 4. The second-order valence-corrected chi connectivity index (χ2v) is 6.69. The normalized spacial score (nSPS) is 11.0. The topological polar surface area (TPSA) is 87.7 Å². The number of hydrogen-bond donors (Lipinski definition) is 3. The fourth-order valence-electron chi connectivity index (χ4n) is 2.51. The second-order valence-electron chi connectivity index (χ2n) is 6.25. The summed E-state index contributed by atoms with van der Waals surface area (Å²) in [6.07, 6.45) is -4.46. The van der Waals surface area contributed by atoms with E-state index >= 15 is 0 Å². The fourth-order valence-corrected chi connectivity index (χ4v) is 2.69. The summed E-state index contributed by atoms with van der Waals surface area (Å²) in [5.74, 6) is -1.57. The highest BCUT2D eigenvalue weighted by atomic mass is 35.5. The summed E-state index contributed by atoms with van der Waals surface area (Å²) in [5, 5.41) is 11.8. The van der Waals surface area contributed by atoms with Crippen LogP contribution in [0.1, 0.15) is 26.3 Å². The Morgan fingerprint density at radius 3 is 2.16 bits per heavy atom. The Morgan fingerprint density at radius 2 is 1.58 bits per heavy atom. The second kappa shape index (κ2) is 8.97. The fraction of sp³-hybridized carbons (Fsp3) is 0.0476. The third-order valence-electron chi connectivity index (χ3n) is 4.08. The predicted octanol–water partition coefficient (Wildman–Crippen LogP) is 5.72. The number of amides is 1. The summed E-state index contributed by atoms with van der Waals surface area (Å²) in [6.45, 7) is 0. The number of carbonyl (C=O) groups excluding carboxylic acids is 1. The molecule has 0 spiro atoms. The highest BCUT2D eigenvalue weighted by Gasteiger charge is 2.30. The Kier molecular flexibility index (Phi) is 6.36. The lowest BCUT2D eigenvalue weighted by Crippen LogP contribution is -2.16. The molecule has 0 radical (unpaired) electrons. The molecule has 0 saturated heterocycles. The van der Waals surface area contributed by atoms with E-state index < -0.39 is 23.6 Å². The van der Waals surface area contributed by atoms with E-state index in [9.17, 15) is 22.8 Å². The first-order valence-electron chi connectivity index (χ1n) is 8.68. The van der Waals surface area contributed by atoms with Gasteiger partial charge in [0.2, 0.25) is 0 Å². The summed E-state index contributed by atoms with van der Waals surface area (Å²) < 4.78 is 37.9. The lowest BCUT2D eigenvalue weighted by molar-refractivity contribution is -0.137. The number of carboxylic acids is 1. The summed E-state index contributed by atoms with van der Waals surface area (Å²) >= 11 is 5.98. The van der Waals surface area contributed by atoms with Crippen molar-refractivity contribution in [3.63, 3.8) is 0 Å². The molecule has 0 heterocycles. The minimum absolute atomic E-state index is 0.0630. The van der Waals surface area contributed by atoms with Gasteiger partial charge in [0.15, 0.2) is 5.75 Å². The maximum absolute atomic E-state index is 12.7. The number of alkyl halides is 3. The Balaban J connectivity index is 1.74. The number of benzene rings is 3. The van der Waals surface area contributed by atoms with Crippen molar-refractivity contribution in [1.29, 1.82) is 0 Å². The van der Waals surface area contributed by atoms with E-state index in [0.717, 1.165) is 24.3 Å². The molecule has 1 amide bonds. The highest BCUT2D eigenvalue weighted by Crippen LogP contribution is 2.30. The Bertz CT molecular complexity index is 1100. The summed E-state index contributed by atoms with van der Waals surface area (Å²) in [4.78, 5) is 28.9. The quantitative estimate of drug-likeness (QED) is 0.418. The Labute approximate surface area is 179 Å². The molecule has 3 N–H and O–H groups in total. The molecule has 0 bridgehead atoms. The highest BCUT2D eigenvalue weighted by molar-refractivity contribution is 6.31. The first kappa shape index (κ1) is 22.0. The zero-order chi connectivity index (χ0) is 22.6. The monoisotopic (exact) mass is 450 g/mol. The van der Waals surface area contributed by atoms with Gasteiger partial charge >= 0.3 is 12.1 Å². The lowest BCUT2D eigenvalue weighted by atomic mass is 10.1. The van der Waals surface area contributed by atoms with E-state index in [1.807, 2.05) is 0 Å². The average molecular weight is 451 g/mol. The zero-order valence-corrected chi connectivity index (χ0v) is 16.3. The first-order valence-corrected chi connectivity index (χ1v) is 9.05. The third kappa shape index (κ3) is 5.67. The number of nitrogens with one attached hydrogen (secondary N) is 2. The Hall–Kier alpha value is -3.72. The largest absolute Gasteiger partial charge is 0.478 e. The van der Waals surface area contributed by atoms with Crippen molar-refractivity contribution in [2.75, 3.05) is 10.8 Å². The molecule has 0 fully saturated rings. The van der Waals surface area contributed by atoms with Gasteiger partial charge in [0, 0.05) is 10.7 Å². The predicted molar refractivity (Wildman–Crippen MR) is 109 cm³/mol. The standard InChI is InChI=1S/C21H14ClF3N2O4/c22-14-5-10-18(27-31-16-8-3-13(4-9-16)21(23,24)25)17(11-14)19(28)26-15-6-1-12(2-7-15)20(29)30/h1-11,27H,(H,26,28)(H,29,30). The zero-order valence-electron chi connectivity index (χ0n) is 15.5. The molecular weight excluding hydrogens is 437 g/mol. The molecule has 0 aromatic heterocycles. The van der Waals surface area contributed by atoms with Gasteiger partial charge in [0.1, 0.15) is 0 Å². The molecule has 3 aromatic rings. The molecule has 0 saturated carbocycles. The van der Waals surface area contributed by atoms with Gasteiger partial charge in [-0.05, 0) is 66.7 Å². The molecule has 0 unspecified atom stereocenters. The molecule has 160 valence electrons. The molecule has 0 aliphatic heterocycles. The van der Waals surface area contributed by atoms with Gasteiger partial charge in [-0.25, -0.2) is 10.3 Å². The van der Waals surface area contributed by atoms with E-state index in [2.05, 4.69) is 10.8 Å². The SMILES string of the molecule is O=C(O)c1ccc(NC(=O)c2cc(Cl)ccc2NOc2ccc(C(F)(F)F)cc2)cc1. The minimum atomic E-state index is -4.46. The number of hydrogen-bond acceptors (Lipinski definition) is 4. The van der Waals surface area contributed by atoms with Crippen molar-refractivity contribution in [2.24, 2.45) is 0 Å². The van der Waals surface area contributed by atoms with Crippen LogP contribution in [-0.4, -0.2) is 17.0 Å². The molecule has 0 aliphatic carbocycles. The van der Waals surface area contributed by atoms with Crippen LogP contribution in [0.4, 0.5) is 24.5 Å². The smallest absolute Gasteiger partial charge is 0.416 e. The number of carboxylic acid groups (broad SMARTS) is 1. The summed E-state index contributed by atoms with van der Waals surface area (Å²) in [6, 6.07) is 13.9. The molecule has 0 atom stereocenters. The van der Waals surface area contributed by atoms with E-state index in [4.69, 9.17) is 21.5 Å². The van der Waals surface area contributed by atoms with Crippen LogP contribution in [-0.2, 0) is 6.18 Å². The maximum Gasteiger partial charge on any atom is 0.416 e. The van der Waals surface area contributed by atoms with Crippen LogP contribution in [0.25, 0.3) is 0 Å². The number of aromatic carboxylic acids is 1. The lowest BCUT2D eigenvalue weighted by Gasteiger charge is -2.14. The van der Waals surface area contributed by atoms with Gasteiger partial charge in [-0.1, -0.05) is 11.6 Å². The Morgan fingerprint density at radius 1 is 0.935 bits per heavy atom. The molecule has 3 rings (SSSR count). The first-order chi connectivity index (χ1) is 14.6. The summed E-state index contributed by atoms with van der Waals surface area (Å²) in [5.41, 5.74) is 2.43. The molecule has 10 heteroatoms. The van der Waals surface area contributed by atoms with Crippen LogP contribution in [0, 0.1) is 0 Å². The van der Waals surface area contributed by atoms with Gasteiger partial charge < -0.3 is 15.3 Å². The van der Waals surface area contributed by atoms with E-state index in [1.165, 1.54) is 42.5 Å². The number of carbonyl (C=O) groups is 2. The molecule has 3 aromatic carbocycles. The van der Waals surface area contributed by atoms with Crippen LogP contribution in [0.2, 0.25) is 5.02 Å². The van der Waals surface area contributed by atoms with Crippen LogP contribution in [0.5, 0.6) is 5.75 Å². The third-order valence-corrected chi connectivity index (χ3v) is 4.31. The van der Waals surface area contributed by atoms with Gasteiger partial charge in [-0.15, -0.1) is 0 Å². The van der Waals surface area contributed by atoms with Gasteiger partial charge in [0.05, 0.1) is 22.4 Å². The number of anilines is 2. The van der Waals surface area contributed by atoms with E-state index in [0.29, 0.717) is 5.69 Å². The van der Waals surface area contributed by atoms with E-state index in [-0.39, 0.29) is 27.6 Å². The van der Waals surface area contributed by atoms with Gasteiger partial charge in [-0.3, -0.25) is 4.79 Å². The molecule has 0 aliphatic rings. The molecular formula is C21H14ClF3N2O4. The number of rotatable bonds is 6.